The van der Waals surface area contributed by atoms with Gasteiger partial charge in [0.2, 0.25) is 0 Å². The topological polar surface area (TPSA) is 86.2 Å². The third kappa shape index (κ3) is 3.11. The van der Waals surface area contributed by atoms with Gasteiger partial charge in [-0.3, -0.25) is 14.3 Å². The molecule has 120 valence electrons. The number of carbonyl (C=O) groups excluding carboxylic acids is 1. The lowest BCUT2D eigenvalue weighted by atomic mass is 10.2. The standard InChI is InChI=1S/C16H17N3O4/c1-11-14(10-15(20)23-3)16(21)19(18(11)9-8-17)12-4-6-13(22-2)7-5-12/h4-7H,9-10H2,1-3H3. The molecule has 23 heavy (non-hydrogen) atoms. The maximum Gasteiger partial charge on any atom is 0.310 e. The maximum atomic E-state index is 12.7. The molecule has 0 aliphatic carbocycles. The fraction of sp³-hybridized carbons (Fsp3) is 0.312. The summed E-state index contributed by atoms with van der Waals surface area (Å²) in [6.07, 6.45) is -0.129. The van der Waals surface area contributed by atoms with Crippen molar-refractivity contribution in [3.05, 3.63) is 45.9 Å². The predicted molar refractivity (Wildman–Crippen MR) is 82.7 cm³/mol. The van der Waals surface area contributed by atoms with Crippen molar-refractivity contribution >= 4 is 5.97 Å². The van der Waals surface area contributed by atoms with E-state index in [1.807, 2.05) is 6.07 Å². The Kier molecular flexibility index (Phi) is 4.86. The third-order valence-corrected chi connectivity index (χ3v) is 3.60. The number of hydrogen-bond acceptors (Lipinski definition) is 5. The lowest BCUT2D eigenvalue weighted by Gasteiger charge is -2.10. The molecule has 7 heteroatoms. The number of rotatable bonds is 5. The van der Waals surface area contributed by atoms with Gasteiger partial charge < -0.3 is 9.47 Å². The first kappa shape index (κ1) is 16.4. The lowest BCUT2D eigenvalue weighted by molar-refractivity contribution is -0.139. The van der Waals surface area contributed by atoms with Crippen molar-refractivity contribution in [2.24, 2.45) is 0 Å². The van der Waals surface area contributed by atoms with Gasteiger partial charge in [-0.25, -0.2) is 4.68 Å². The molecular formula is C16H17N3O4. The Balaban J connectivity index is 2.61. The fourth-order valence-electron chi connectivity index (χ4n) is 2.35. The van der Waals surface area contributed by atoms with E-state index in [9.17, 15) is 9.59 Å². The Morgan fingerprint density at radius 1 is 1.26 bits per heavy atom. The van der Waals surface area contributed by atoms with Crippen LogP contribution in [-0.4, -0.2) is 29.6 Å². The highest BCUT2D eigenvalue weighted by Gasteiger charge is 2.20. The SMILES string of the molecule is COC(=O)Cc1c(C)n(CC#N)n(-c2ccc(OC)cc2)c1=O. The van der Waals surface area contributed by atoms with E-state index < -0.39 is 5.97 Å². The van der Waals surface area contributed by atoms with Gasteiger partial charge >= 0.3 is 5.97 Å². The third-order valence-electron chi connectivity index (χ3n) is 3.60. The lowest BCUT2D eigenvalue weighted by Crippen LogP contribution is -2.23. The number of carbonyl (C=O) groups is 1. The minimum absolute atomic E-state index is 0.00568. The number of hydrogen-bond donors (Lipinski definition) is 0. The molecule has 0 spiro atoms. The first-order chi connectivity index (χ1) is 11.0. The van der Waals surface area contributed by atoms with Crippen molar-refractivity contribution < 1.29 is 14.3 Å². The minimum atomic E-state index is -0.499. The number of nitriles is 1. The molecule has 0 aliphatic rings. The van der Waals surface area contributed by atoms with Gasteiger partial charge in [-0.1, -0.05) is 0 Å². The van der Waals surface area contributed by atoms with E-state index in [4.69, 9.17) is 10.00 Å². The Labute approximate surface area is 133 Å². The zero-order valence-electron chi connectivity index (χ0n) is 13.2. The van der Waals surface area contributed by atoms with Crippen molar-refractivity contribution in [1.29, 1.82) is 5.26 Å². The molecule has 2 aromatic rings. The summed E-state index contributed by atoms with van der Waals surface area (Å²) in [5, 5.41) is 9.03. The van der Waals surface area contributed by atoms with Crippen LogP contribution in [0.5, 0.6) is 5.75 Å². The van der Waals surface area contributed by atoms with E-state index in [0.717, 1.165) is 0 Å². The molecule has 0 aliphatic heterocycles. The number of benzene rings is 1. The molecule has 0 N–H and O–H groups in total. The highest BCUT2D eigenvalue weighted by molar-refractivity contribution is 5.72. The second-order valence-electron chi connectivity index (χ2n) is 4.85. The molecule has 1 aromatic carbocycles. The summed E-state index contributed by atoms with van der Waals surface area (Å²) in [5.74, 6) is 0.160. The molecule has 0 atom stereocenters. The van der Waals surface area contributed by atoms with Crippen LogP contribution in [0.25, 0.3) is 5.69 Å². The monoisotopic (exact) mass is 315 g/mol. The summed E-state index contributed by atoms with van der Waals surface area (Å²) >= 11 is 0. The van der Waals surface area contributed by atoms with Crippen molar-refractivity contribution in [2.45, 2.75) is 19.9 Å². The van der Waals surface area contributed by atoms with Crippen LogP contribution in [0.1, 0.15) is 11.3 Å². The van der Waals surface area contributed by atoms with Crippen molar-refractivity contribution in [3.63, 3.8) is 0 Å². The molecule has 7 nitrogen and oxygen atoms in total. The number of esters is 1. The molecule has 2 rings (SSSR count). The highest BCUT2D eigenvalue weighted by atomic mass is 16.5. The van der Waals surface area contributed by atoms with Crippen LogP contribution in [-0.2, 0) is 22.5 Å². The first-order valence-corrected chi connectivity index (χ1v) is 6.93. The fourth-order valence-corrected chi connectivity index (χ4v) is 2.35. The maximum absolute atomic E-state index is 12.7. The van der Waals surface area contributed by atoms with E-state index >= 15 is 0 Å². The molecule has 0 amide bonds. The van der Waals surface area contributed by atoms with Gasteiger partial charge in [-0.2, -0.15) is 5.26 Å². The predicted octanol–water partition coefficient (Wildman–Crippen LogP) is 1.20. The Morgan fingerprint density at radius 2 is 1.91 bits per heavy atom. The van der Waals surface area contributed by atoms with E-state index in [1.54, 1.807) is 43.0 Å². The number of ether oxygens (including phenoxy) is 2. The average molecular weight is 315 g/mol. The van der Waals surface area contributed by atoms with Crippen LogP contribution in [0.3, 0.4) is 0 Å². The molecule has 0 saturated carbocycles. The Morgan fingerprint density at radius 3 is 2.43 bits per heavy atom. The van der Waals surface area contributed by atoms with E-state index in [1.165, 1.54) is 11.8 Å². The van der Waals surface area contributed by atoms with Gasteiger partial charge in [-0.15, -0.1) is 0 Å². The van der Waals surface area contributed by atoms with Gasteiger partial charge in [0.05, 0.1) is 38.0 Å². The summed E-state index contributed by atoms with van der Waals surface area (Å²) in [5.41, 5.74) is 1.14. The van der Waals surface area contributed by atoms with Crippen LogP contribution < -0.4 is 10.3 Å². The van der Waals surface area contributed by atoms with Crippen LogP contribution in [0.2, 0.25) is 0 Å². The molecule has 0 radical (unpaired) electrons. The van der Waals surface area contributed by atoms with Crippen LogP contribution >= 0.6 is 0 Å². The smallest absolute Gasteiger partial charge is 0.310 e. The highest BCUT2D eigenvalue weighted by Crippen LogP contribution is 2.16. The van der Waals surface area contributed by atoms with Gasteiger partial charge in [0.15, 0.2) is 0 Å². The quantitative estimate of drug-likeness (QED) is 0.774. The summed E-state index contributed by atoms with van der Waals surface area (Å²) in [4.78, 5) is 24.2. The number of nitrogens with zero attached hydrogens (tertiary/aromatic N) is 3. The first-order valence-electron chi connectivity index (χ1n) is 6.93. The van der Waals surface area contributed by atoms with Crippen molar-refractivity contribution in [1.82, 2.24) is 9.36 Å². The molecule has 0 saturated heterocycles. The molecule has 1 aromatic heterocycles. The van der Waals surface area contributed by atoms with Crippen LogP contribution in [0, 0.1) is 18.3 Å². The summed E-state index contributed by atoms with van der Waals surface area (Å²) < 4.78 is 12.7. The average Bonchev–Trinajstić information content (AvgIpc) is 2.80. The second kappa shape index (κ2) is 6.83. The summed E-state index contributed by atoms with van der Waals surface area (Å²) in [7, 11) is 2.82. The van der Waals surface area contributed by atoms with Gasteiger partial charge in [0.1, 0.15) is 12.3 Å². The van der Waals surface area contributed by atoms with Gasteiger partial charge in [-0.05, 0) is 31.2 Å². The molecule has 1 heterocycles. The van der Waals surface area contributed by atoms with E-state index in [0.29, 0.717) is 22.7 Å². The minimum Gasteiger partial charge on any atom is -0.497 e. The second-order valence-corrected chi connectivity index (χ2v) is 4.85. The van der Waals surface area contributed by atoms with Crippen LogP contribution in [0.4, 0.5) is 0 Å². The Hall–Kier alpha value is -3.01. The molecule has 0 bridgehead atoms. The number of methoxy groups -OCH3 is 2. The Bertz CT molecular complexity index is 810. The zero-order valence-corrected chi connectivity index (χ0v) is 13.2. The molecule has 0 fully saturated rings. The largest absolute Gasteiger partial charge is 0.497 e. The zero-order chi connectivity index (χ0) is 17.0. The van der Waals surface area contributed by atoms with Gasteiger partial charge in [0, 0.05) is 5.69 Å². The van der Waals surface area contributed by atoms with Crippen molar-refractivity contribution in [3.8, 4) is 17.5 Å². The van der Waals surface area contributed by atoms with E-state index in [2.05, 4.69) is 4.74 Å². The molecular weight excluding hydrogens is 298 g/mol. The van der Waals surface area contributed by atoms with Crippen molar-refractivity contribution in [2.75, 3.05) is 14.2 Å². The van der Waals surface area contributed by atoms with Crippen LogP contribution in [0.15, 0.2) is 29.1 Å². The van der Waals surface area contributed by atoms with Gasteiger partial charge in [0.25, 0.3) is 5.56 Å². The number of aromatic nitrogens is 2. The normalized spacial score (nSPS) is 10.2. The summed E-state index contributed by atoms with van der Waals surface area (Å²) in [6, 6.07) is 8.91. The van der Waals surface area contributed by atoms with E-state index in [-0.39, 0.29) is 18.5 Å². The summed E-state index contributed by atoms with van der Waals surface area (Å²) in [6.45, 7) is 1.70. The molecule has 0 unspecified atom stereocenters.